The van der Waals surface area contributed by atoms with Crippen LogP contribution in [0.1, 0.15) is 23.3 Å². The summed E-state index contributed by atoms with van der Waals surface area (Å²) in [6.07, 6.45) is 7.19. The highest BCUT2D eigenvalue weighted by atomic mass is 16.1. The topological polar surface area (TPSA) is 71.6 Å². The lowest BCUT2D eigenvalue weighted by Gasteiger charge is -1.99. The van der Waals surface area contributed by atoms with Gasteiger partial charge >= 0.3 is 0 Å². The Bertz CT molecular complexity index is 670. The predicted molar refractivity (Wildman–Crippen MR) is 80.7 cm³/mol. The van der Waals surface area contributed by atoms with Gasteiger partial charge in [-0.05, 0) is 37.0 Å². The minimum absolute atomic E-state index is 0.310. The molecule has 3 rings (SSSR count). The van der Waals surface area contributed by atoms with Gasteiger partial charge in [-0.25, -0.2) is 4.68 Å². The molecule has 106 valence electrons. The third-order valence-corrected chi connectivity index (χ3v) is 3.06. The maximum absolute atomic E-state index is 11.9. The standard InChI is InChI=1S/C15H15N5O/c21-15(16-11-18-17-10-12-6-7-12)14-8-9-20(19-14)13-4-2-1-3-5-13/h1-5,8-12H,6-7H2,(H,16,18,21). The van der Waals surface area contributed by atoms with Crippen molar-refractivity contribution in [2.75, 3.05) is 0 Å². The van der Waals surface area contributed by atoms with Crippen LogP contribution >= 0.6 is 0 Å². The van der Waals surface area contributed by atoms with Crippen LogP contribution in [0, 0.1) is 5.92 Å². The number of benzene rings is 1. The molecule has 6 heteroatoms. The van der Waals surface area contributed by atoms with Gasteiger partial charge in [-0.3, -0.25) is 4.79 Å². The fraction of sp³-hybridized carbons (Fsp3) is 0.200. The number of para-hydroxylation sites is 1. The molecule has 0 atom stereocenters. The van der Waals surface area contributed by atoms with Crippen molar-refractivity contribution in [3.63, 3.8) is 0 Å². The van der Waals surface area contributed by atoms with E-state index in [1.165, 1.54) is 19.2 Å². The number of hydrogen-bond acceptors (Lipinski definition) is 4. The van der Waals surface area contributed by atoms with E-state index in [4.69, 9.17) is 0 Å². The van der Waals surface area contributed by atoms with Crippen LogP contribution in [-0.4, -0.2) is 28.2 Å². The molecule has 1 aromatic carbocycles. The number of aromatic nitrogens is 2. The highest BCUT2D eigenvalue weighted by molar-refractivity contribution is 5.99. The second-order valence-electron chi connectivity index (χ2n) is 4.80. The molecule has 2 aromatic rings. The molecule has 0 saturated heterocycles. The summed E-state index contributed by atoms with van der Waals surface area (Å²) in [7, 11) is 0. The molecule has 1 saturated carbocycles. The highest BCUT2D eigenvalue weighted by Gasteiger charge is 2.18. The molecule has 0 aliphatic heterocycles. The molecule has 1 amide bonds. The van der Waals surface area contributed by atoms with Gasteiger partial charge in [-0.2, -0.15) is 10.2 Å². The number of hydrogen-bond donors (Lipinski definition) is 1. The fourth-order valence-electron chi connectivity index (χ4n) is 1.74. The minimum Gasteiger partial charge on any atom is -0.310 e. The Morgan fingerprint density at radius 1 is 1.24 bits per heavy atom. The maximum atomic E-state index is 11.9. The molecule has 1 aliphatic rings. The molecular formula is C15H15N5O. The smallest absolute Gasteiger partial charge is 0.276 e. The van der Waals surface area contributed by atoms with Crippen LogP contribution in [0.2, 0.25) is 0 Å². The van der Waals surface area contributed by atoms with Crippen molar-refractivity contribution in [2.24, 2.45) is 16.1 Å². The quantitative estimate of drug-likeness (QED) is 0.517. The lowest BCUT2D eigenvalue weighted by atomic mass is 10.3. The van der Waals surface area contributed by atoms with E-state index < -0.39 is 0 Å². The van der Waals surface area contributed by atoms with E-state index >= 15 is 0 Å². The van der Waals surface area contributed by atoms with Crippen LogP contribution < -0.4 is 5.32 Å². The monoisotopic (exact) mass is 281 g/mol. The van der Waals surface area contributed by atoms with Crippen LogP contribution in [0.4, 0.5) is 0 Å². The van der Waals surface area contributed by atoms with Gasteiger partial charge in [0.1, 0.15) is 6.34 Å². The molecular weight excluding hydrogens is 266 g/mol. The van der Waals surface area contributed by atoms with Gasteiger partial charge in [-0.15, -0.1) is 5.10 Å². The van der Waals surface area contributed by atoms with Crippen molar-refractivity contribution < 1.29 is 4.79 Å². The zero-order chi connectivity index (χ0) is 14.5. The van der Waals surface area contributed by atoms with Gasteiger partial charge < -0.3 is 5.32 Å². The second-order valence-corrected chi connectivity index (χ2v) is 4.80. The van der Waals surface area contributed by atoms with Gasteiger partial charge in [0.25, 0.3) is 5.91 Å². The van der Waals surface area contributed by atoms with Gasteiger partial charge in [0, 0.05) is 12.4 Å². The molecule has 1 heterocycles. The molecule has 0 spiro atoms. The number of rotatable bonds is 5. The Balaban J connectivity index is 1.59. The van der Waals surface area contributed by atoms with Crippen LogP contribution in [0.15, 0.2) is 52.8 Å². The van der Waals surface area contributed by atoms with Crippen LogP contribution in [0.3, 0.4) is 0 Å². The Morgan fingerprint density at radius 3 is 2.81 bits per heavy atom. The molecule has 0 unspecified atom stereocenters. The average Bonchev–Trinajstić information content (AvgIpc) is 3.21. The zero-order valence-electron chi connectivity index (χ0n) is 11.4. The molecule has 0 radical (unpaired) electrons. The molecule has 1 fully saturated rings. The molecule has 1 aromatic heterocycles. The lowest BCUT2D eigenvalue weighted by Crippen LogP contribution is -2.22. The number of amides is 1. The number of nitrogens with zero attached hydrogens (tertiary/aromatic N) is 4. The van der Waals surface area contributed by atoms with E-state index in [0.717, 1.165) is 5.69 Å². The Morgan fingerprint density at radius 2 is 2.05 bits per heavy atom. The Labute approximate surface area is 122 Å². The molecule has 0 bridgehead atoms. The number of carbonyl (C=O) groups is 1. The Hall–Kier alpha value is -2.76. The second kappa shape index (κ2) is 6.13. The first-order valence-electron chi connectivity index (χ1n) is 6.80. The SMILES string of the molecule is O=C(NC=NN=CC1CC1)c1ccn(-c2ccccc2)n1. The molecule has 1 aliphatic carbocycles. The number of carbonyl (C=O) groups excluding carboxylic acids is 1. The van der Waals surface area contributed by atoms with Gasteiger partial charge in [0.05, 0.1) is 5.69 Å². The van der Waals surface area contributed by atoms with Crippen LogP contribution in [0.5, 0.6) is 0 Å². The lowest BCUT2D eigenvalue weighted by molar-refractivity contribution is 0.0973. The third-order valence-electron chi connectivity index (χ3n) is 3.06. The van der Waals surface area contributed by atoms with Crippen molar-refractivity contribution in [2.45, 2.75) is 12.8 Å². The first-order valence-corrected chi connectivity index (χ1v) is 6.80. The van der Waals surface area contributed by atoms with E-state index in [-0.39, 0.29) is 5.91 Å². The third kappa shape index (κ3) is 3.62. The maximum Gasteiger partial charge on any atom is 0.276 e. The Kier molecular flexibility index (Phi) is 3.86. The fourth-order valence-corrected chi connectivity index (χ4v) is 1.74. The summed E-state index contributed by atoms with van der Waals surface area (Å²) in [4.78, 5) is 11.9. The first-order chi connectivity index (χ1) is 10.3. The predicted octanol–water partition coefficient (Wildman–Crippen LogP) is 2.03. The molecule has 1 N–H and O–H groups in total. The highest BCUT2D eigenvalue weighted by Crippen LogP contribution is 2.26. The van der Waals surface area contributed by atoms with Crippen LogP contribution in [0.25, 0.3) is 5.69 Å². The van der Waals surface area contributed by atoms with Gasteiger partial charge in [0.2, 0.25) is 0 Å². The van der Waals surface area contributed by atoms with E-state index in [0.29, 0.717) is 11.6 Å². The van der Waals surface area contributed by atoms with Gasteiger partial charge in [0.15, 0.2) is 5.69 Å². The normalized spacial score (nSPS) is 14.9. The van der Waals surface area contributed by atoms with Crippen molar-refractivity contribution >= 4 is 18.5 Å². The van der Waals surface area contributed by atoms with E-state index in [2.05, 4.69) is 20.6 Å². The average molecular weight is 281 g/mol. The van der Waals surface area contributed by atoms with Crippen molar-refractivity contribution in [1.29, 1.82) is 0 Å². The molecule has 21 heavy (non-hydrogen) atoms. The van der Waals surface area contributed by atoms with Crippen molar-refractivity contribution in [1.82, 2.24) is 15.1 Å². The summed E-state index contributed by atoms with van der Waals surface area (Å²) in [5, 5.41) is 14.4. The van der Waals surface area contributed by atoms with Gasteiger partial charge in [-0.1, -0.05) is 18.2 Å². The summed E-state index contributed by atoms with van der Waals surface area (Å²) in [5.41, 5.74) is 1.23. The van der Waals surface area contributed by atoms with E-state index in [1.54, 1.807) is 23.2 Å². The largest absolute Gasteiger partial charge is 0.310 e. The zero-order valence-corrected chi connectivity index (χ0v) is 11.4. The molecule has 6 nitrogen and oxygen atoms in total. The van der Waals surface area contributed by atoms with E-state index in [1.807, 2.05) is 30.3 Å². The van der Waals surface area contributed by atoms with Crippen molar-refractivity contribution in [3.05, 3.63) is 48.3 Å². The summed E-state index contributed by atoms with van der Waals surface area (Å²) >= 11 is 0. The van der Waals surface area contributed by atoms with Crippen LogP contribution in [-0.2, 0) is 0 Å². The summed E-state index contributed by atoms with van der Waals surface area (Å²) in [6, 6.07) is 11.3. The van der Waals surface area contributed by atoms with E-state index in [9.17, 15) is 4.79 Å². The summed E-state index contributed by atoms with van der Waals surface area (Å²) in [5.74, 6) is 0.259. The number of nitrogens with one attached hydrogen (secondary N) is 1. The summed E-state index contributed by atoms with van der Waals surface area (Å²) in [6.45, 7) is 0. The van der Waals surface area contributed by atoms with Crippen molar-refractivity contribution in [3.8, 4) is 5.69 Å². The summed E-state index contributed by atoms with van der Waals surface area (Å²) < 4.78 is 1.65. The first kappa shape index (κ1) is 13.2. The minimum atomic E-state index is -0.310.